The molecule has 0 saturated heterocycles. The van der Waals surface area contributed by atoms with Crippen LogP contribution in [0.5, 0.6) is 5.75 Å². The van der Waals surface area contributed by atoms with E-state index >= 15 is 0 Å². The number of carbonyl (C=O) groups is 2. The minimum atomic E-state index is -2.22. The number of carbonyl (C=O) groups excluding carboxylic acids is 1. The number of carboxylic acid groups (broad SMARTS) is 1. The van der Waals surface area contributed by atoms with Crippen LogP contribution in [0.2, 0.25) is 0 Å². The van der Waals surface area contributed by atoms with E-state index in [1.54, 1.807) is 72.8 Å². The second-order valence-electron chi connectivity index (χ2n) is 7.41. The number of ether oxygens (including phenoxy) is 1. The van der Waals surface area contributed by atoms with E-state index in [1.807, 2.05) is 0 Å². The fourth-order valence-electron chi connectivity index (χ4n) is 3.39. The molecule has 0 radical (unpaired) electrons. The molecule has 1 aliphatic carbocycles. The van der Waals surface area contributed by atoms with Crippen LogP contribution >= 0.6 is 0 Å². The summed E-state index contributed by atoms with van der Waals surface area (Å²) in [5, 5.41) is 8.73. The van der Waals surface area contributed by atoms with E-state index in [9.17, 15) is 9.59 Å². The Hall–Kier alpha value is -3.80. The van der Waals surface area contributed by atoms with Crippen molar-refractivity contribution >= 4 is 11.9 Å². The van der Waals surface area contributed by atoms with Crippen molar-refractivity contribution in [1.29, 1.82) is 0 Å². The third kappa shape index (κ3) is 5.92. The van der Waals surface area contributed by atoms with Gasteiger partial charge < -0.3 is 19.2 Å². The zero-order valence-corrected chi connectivity index (χ0v) is 17.9. The number of amides is 1. The second-order valence-corrected chi connectivity index (χ2v) is 7.41. The lowest BCUT2D eigenvalue weighted by Crippen LogP contribution is -2.33. The van der Waals surface area contributed by atoms with E-state index in [4.69, 9.17) is 19.7 Å². The molecule has 1 amide bonds. The van der Waals surface area contributed by atoms with Gasteiger partial charge >= 0.3 is 5.97 Å². The van der Waals surface area contributed by atoms with Crippen LogP contribution in [0.1, 0.15) is 47.0 Å². The van der Waals surface area contributed by atoms with Gasteiger partial charge in [0.25, 0.3) is 5.91 Å². The van der Waals surface area contributed by atoms with Crippen molar-refractivity contribution in [3.63, 3.8) is 0 Å². The number of carboxylic acids is 1. The number of benzene rings is 2. The lowest BCUT2D eigenvalue weighted by Gasteiger charge is -2.24. The van der Waals surface area contributed by atoms with Gasteiger partial charge in [0.1, 0.15) is 18.1 Å². The average Bonchev–Trinajstić information content (AvgIpc) is 3.27. The topological polar surface area (TPSA) is 80.0 Å². The largest absolute Gasteiger partial charge is 0.489 e. The van der Waals surface area contributed by atoms with Crippen molar-refractivity contribution in [3.05, 3.63) is 90.2 Å². The number of furan rings is 1. The predicted molar refractivity (Wildman–Crippen MR) is 125 cm³/mol. The Morgan fingerprint density at radius 2 is 1.94 bits per heavy atom. The molecule has 6 nitrogen and oxygen atoms in total. The van der Waals surface area contributed by atoms with Crippen molar-refractivity contribution in [2.75, 3.05) is 6.61 Å². The maximum absolute atomic E-state index is 13.9. The predicted octanol–water partition coefficient (Wildman–Crippen LogP) is 5.55. The van der Waals surface area contributed by atoms with Crippen LogP contribution in [-0.2, 0) is 11.3 Å². The summed E-state index contributed by atoms with van der Waals surface area (Å²) >= 11 is 0. The molecular formula is C27H27NO5. The molecule has 6 heteroatoms. The Labute approximate surface area is 198 Å². The van der Waals surface area contributed by atoms with Crippen molar-refractivity contribution in [2.45, 2.75) is 38.2 Å². The van der Waals surface area contributed by atoms with Crippen LogP contribution in [0.3, 0.4) is 0 Å². The minimum Gasteiger partial charge on any atom is -0.489 e. The fraction of sp³-hybridized carbons (Fsp3) is 0.259. The summed E-state index contributed by atoms with van der Waals surface area (Å²) in [5.41, 5.74) is 1.29. The molecule has 2 aromatic carbocycles. The third-order valence-corrected chi connectivity index (χ3v) is 5.08. The quantitative estimate of drug-likeness (QED) is 0.388. The van der Waals surface area contributed by atoms with Crippen molar-refractivity contribution < 1.29 is 29.3 Å². The summed E-state index contributed by atoms with van der Waals surface area (Å²) in [4.78, 5) is 25.6. The van der Waals surface area contributed by atoms with E-state index < -0.39 is 30.7 Å². The minimum absolute atomic E-state index is 0.0194. The molecule has 0 bridgehead atoms. The molecule has 1 saturated carbocycles. The van der Waals surface area contributed by atoms with Gasteiger partial charge in [-0.25, -0.2) is 0 Å². The van der Waals surface area contributed by atoms with Crippen LogP contribution in [0, 0.1) is 0 Å². The van der Waals surface area contributed by atoms with E-state index in [0.717, 1.165) is 4.90 Å². The first-order valence-corrected chi connectivity index (χ1v) is 10.6. The molecule has 0 spiro atoms. The summed E-state index contributed by atoms with van der Waals surface area (Å²) < 4.78 is 44.8. The fourth-order valence-corrected chi connectivity index (χ4v) is 3.39. The van der Waals surface area contributed by atoms with Gasteiger partial charge in [-0.1, -0.05) is 48.6 Å². The molecule has 2 unspecified atom stereocenters. The number of nitrogens with zero attached hydrogens (tertiary/aromatic N) is 1. The Balaban J connectivity index is 1.62. The highest BCUT2D eigenvalue weighted by atomic mass is 16.5. The van der Waals surface area contributed by atoms with Gasteiger partial charge in [-0.2, -0.15) is 0 Å². The van der Waals surface area contributed by atoms with E-state index in [1.165, 1.54) is 6.26 Å². The first kappa shape index (κ1) is 17.7. The van der Waals surface area contributed by atoms with Crippen LogP contribution in [0.25, 0.3) is 11.3 Å². The molecule has 1 aliphatic rings. The molecular weight excluding hydrogens is 418 g/mol. The monoisotopic (exact) mass is 449 g/mol. The van der Waals surface area contributed by atoms with Crippen LogP contribution < -0.4 is 4.74 Å². The maximum Gasteiger partial charge on any atom is 0.303 e. The first-order chi connectivity index (χ1) is 17.7. The average molecular weight is 450 g/mol. The van der Waals surface area contributed by atoms with Gasteiger partial charge in [0.15, 0.2) is 0 Å². The summed E-state index contributed by atoms with van der Waals surface area (Å²) in [6, 6.07) is 15.0. The number of aliphatic carboxylic acids is 1. The van der Waals surface area contributed by atoms with Crippen LogP contribution in [0.4, 0.5) is 0 Å². The van der Waals surface area contributed by atoms with E-state index in [-0.39, 0.29) is 25.1 Å². The Morgan fingerprint density at radius 3 is 2.70 bits per heavy atom. The van der Waals surface area contributed by atoms with E-state index in [2.05, 4.69) is 0 Å². The highest BCUT2D eigenvalue weighted by molar-refractivity contribution is 6.00. The number of para-hydroxylation sites is 1. The van der Waals surface area contributed by atoms with Crippen molar-refractivity contribution in [2.24, 2.45) is 0 Å². The summed E-state index contributed by atoms with van der Waals surface area (Å²) in [6.45, 7) is 0.0163. The number of hydrogen-bond donors (Lipinski definition) is 1. The van der Waals surface area contributed by atoms with Crippen molar-refractivity contribution in [3.8, 4) is 17.1 Å². The highest BCUT2D eigenvalue weighted by Crippen LogP contribution is 2.34. The lowest BCUT2D eigenvalue weighted by atomic mass is 10.0. The SMILES string of the molecule is [2H]C1C([2H])([2H])C1([2H])N(Cc1ccccc1OC/C=C/CCC(=O)O)C(=O)c1ccccc1-c1ccco1. The molecule has 1 aromatic heterocycles. The lowest BCUT2D eigenvalue weighted by molar-refractivity contribution is -0.136. The number of allylic oxidation sites excluding steroid dienone is 1. The summed E-state index contributed by atoms with van der Waals surface area (Å²) in [6.07, 6.45) is 1.64. The number of rotatable bonds is 11. The molecule has 170 valence electrons. The summed E-state index contributed by atoms with van der Waals surface area (Å²) in [7, 11) is 0. The van der Waals surface area contributed by atoms with Gasteiger partial charge in [0.05, 0.1) is 13.2 Å². The molecule has 1 heterocycles. The molecule has 1 fully saturated rings. The van der Waals surface area contributed by atoms with Gasteiger partial charge in [0.2, 0.25) is 0 Å². The molecule has 4 rings (SSSR count). The molecule has 33 heavy (non-hydrogen) atoms. The first-order valence-electron chi connectivity index (χ1n) is 12.7. The third-order valence-electron chi connectivity index (χ3n) is 5.08. The Kier molecular flexibility index (Phi) is 5.73. The molecule has 0 aliphatic heterocycles. The van der Waals surface area contributed by atoms with Gasteiger partial charge in [0, 0.05) is 34.2 Å². The zero-order valence-electron chi connectivity index (χ0n) is 21.9. The van der Waals surface area contributed by atoms with E-state index in [0.29, 0.717) is 29.1 Å². The van der Waals surface area contributed by atoms with Crippen LogP contribution in [-0.4, -0.2) is 34.5 Å². The van der Waals surface area contributed by atoms with Crippen LogP contribution in [0.15, 0.2) is 83.5 Å². The smallest absolute Gasteiger partial charge is 0.303 e. The normalized spacial score (nSPS) is 22.6. The standard InChI is InChI=1S/C27H27NO5/c29-26(30)14-2-1-7-17-32-24-12-6-3-9-20(24)19-28(21-15-16-21)27(31)23-11-5-4-10-22(23)25-13-8-18-33-25/h1,3-13,18,21H,2,14-17,19H2,(H,29,30)/b7-1+/i15D,16D2,21D. The Morgan fingerprint density at radius 1 is 1.15 bits per heavy atom. The molecule has 2 atom stereocenters. The summed E-state index contributed by atoms with van der Waals surface area (Å²) in [5.74, 6) is -0.577. The highest BCUT2D eigenvalue weighted by Gasteiger charge is 2.34. The molecule has 1 N–H and O–H groups in total. The van der Waals surface area contributed by atoms with Gasteiger partial charge in [-0.15, -0.1) is 0 Å². The second kappa shape index (κ2) is 10.7. The number of hydrogen-bond acceptors (Lipinski definition) is 4. The zero-order chi connectivity index (χ0) is 26.6. The van der Waals surface area contributed by atoms with Gasteiger partial charge in [-0.3, -0.25) is 9.59 Å². The van der Waals surface area contributed by atoms with Crippen molar-refractivity contribution in [1.82, 2.24) is 4.90 Å². The van der Waals surface area contributed by atoms with Gasteiger partial charge in [-0.05, 0) is 43.5 Å². The molecule has 3 aromatic rings. The Bertz CT molecular complexity index is 1290. The maximum atomic E-state index is 13.9.